The molecule has 0 aliphatic carbocycles. The number of carbonyl (C=O) groups is 1. The Morgan fingerprint density at radius 3 is 2.59 bits per heavy atom. The first kappa shape index (κ1) is 18.9. The SMILES string of the molecule is O=C(Nc1sc(N/N=C/c2ccco2)nc1-c1ccccc1)c1ccc(Cl)cc1. The number of nitrogens with zero attached hydrogens (tertiary/aromatic N) is 2. The van der Waals surface area contributed by atoms with E-state index in [2.05, 4.69) is 20.8 Å². The molecule has 0 fully saturated rings. The number of halogens is 1. The number of carbonyl (C=O) groups excluding carboxylic acids is 1. The topological polar surface area (TPSA) is 79.5 Å². The molecule has 8 heteroatoms. The van der Waals surface area contributed by atoms with Crippen molar-refractivity contribution >= 4 is 45.2 Å². The smallest absolute Gasteiger partial charge is 0.256 e. The fourth-order valence-electron chi connectivity index (χ4n) is 2.54. The highest BCUT2D eigenvalue weighted by Crippen LogP contribution is 2.36. The van der Waals surface area contributed by atoms with Crippen molar-refractivity contribution in [2.24, 2.45) is 5.10 Å². The molecule has 0 spiro atoms. The van der Waals surface area contributed by atoms with E-state index in [1.54, 1.807) is 48.9 Å². The van der Waals surface area contributed by atoms with Gasteiger partial charge in [-0.25, -0.2) is 4.98 Å². The second-order valence-corrected chi connectivity index (χ2v) is 7.34. The Morgan fingerprint density at radius 1 is 1.07 bits per heavy atom. The minimum absolute atomic E-state index is 0.242. The van der Waals surface area contributed by atoms with Crippen molar-refractivity contribution in [3.63, 3.8) is 0 Å². The van der Waals surface area contributed by atoms with E-state index in [4.69, 9.17) is 16.0 Å². The molecule has 29 heavy (non-hydrogen) atoms. The molecule has 2 N–H and O–H groups in total. The average molecular weight is 423 g/mol. The van der Waals surface area contributed by atoms with Crippen LogP contribution >= 0.6 is 22.9 Å². The van der Waals surface area contributed by atoms with Gasteiger partial charge in [0.05, 0.1) is 12.5 Å². The number of benzene rings is 2. The molecule has 0 bridgehead atoms. The maximum atomic E-state index is 12.6. The highest BCUT2D eigenvalue weighted by Gasteiger charge is 2.16. The predicted octanol–water partition coefficient (Wildman–Crippen LogP) is 5.75. The Labute approximate surface area is 175 Å². The van der Waals surface area contributed by atoms with Gasteiger partial charge in [-0.3, -0.25) is 10.2 Å². The highest BCUT2D eigenvalue weighted by atomic mass is 35.5. The van der Waals surface area contributed by atoms with E-state index in [9.17, 15) is 4.79 Å². The molecule has 0 saturated heterocycles. The first-order valence-electron chi connectivity index (χ1n) is 8.65. The summed E-state index contributed by atoms with van der Waals surface area (Å²) in [7, 11) is 0. The van der Waals surface area contributed by atoms with Crippen molar-refractivity contribution < 1.29 is 9.21 Å². The van der Waals surface area contributed by atoms with Gasteiger partial charge in [-0.15, -0.1) is 0 Å². The molecule has 4 aromatic rings. The molecule has 0 aliphatic rings. The number of hydrogen-bond acceptors (Lipinski definition) is 6. The molecule has 6 nitrogen and oxygen atoms in total. The van der Waals surface area contributed by atoms with Crippen molar-refractivity contribution in [3.8, 4) is 11.3 Å². The molecule has 0 atom stereocenters. The van der Waals surface area contributed by atoms with Crippen molar-refractivity contribution in [2.75, 3.05) is 10.7 Å². The van der Waals surface area contributed by atoms with Crippen LogP contribution in [0.15, 0.2) is 82.5 Å². The molecule has 0 aliphatic heterocycles. The lowest BCUT2D eigenvalue weighted by atomic mass is 10.1. The van der Waals surface area contributed by atoms with Crippen LogP contribution in [0, 0.1) is 0 Å². The van der Waals surface area contributed by atoms with Crippen LogP contribution in [0.4, 0.5) is 10.1 Å². The Morgan fingerprint density at radius 2 is 1.86 bits per heavy atom. The Balaban J connectivity index is 1.59. The number of amides is 1. The van der Waals surface area contributed by atoms with Gasteiger partial charge in [0.1, 0.15) is 16.5 Å². The number of hydrogen-bond donors (Lipinski definition) is 2. The largest absolute Gasteiger partial charge is 0.463 e. The molecule has 2 aromatic carbocycles. The molecule has 0 saturated carbocycles. The summed E-state index contributed by atoms with van der Waals surface area (Å²) in [6, 6.07) is 19.9. The minimum atomic E-state index is -0.242. The van der Waals surface area contributed by atoms with Gasteiger partial charge in [0.15, 0.2) is 0 Å². The summed E-state index contributed by atoms with van der Waals surface area (Å²) < 4.78 is 5.21. The molecule has 144 valence electrons. The fourth-order valence-corrected chi connectivity index (χ4v) is 3.50. The van der Waals surface area contributed by atoms with E-state index in [1.165, 1.54) is 11.3 Å². The van der Waals surface area contributed by atoms with E-state index in [-0.39, 0.29) is 5.91 Å². The molecule has 0 radical (unpaired) electrons. The molecule has 2 heterocycles. The third-order valence-corrected chi connectivity index (χ3v) is 5.03. The highest BCUT2D eigenvalue weighted by molar-refractivity contribution is 7.20. The fraction of sp³-hybridized carbons (Fsp3) is 0. The number of rotatable bonds is 6. The number of hydrazone groups is 1. The van der Waals surface area contributed by atoms with Crippen LogP contribution in [0.5, 0.6) is 0 Å². The van der Waals surface area contributed by atoms with Crippen molar-refractivity contribution in [1.82, 2.24) is 4.98 Å². The Bertz CT molecular complexity index is 1120. The predicted molar refractivity (Wildman–Crippen MR) is 117 cm³/mol. The van der Waals surface area contributed by atoms with Gasteiger partial charge in [0, 0.05) is 16.1 Å². The number of nitrogens with one attached hydrogen (secondary N) is 2. The maximum absolute atomic E-state index is 12.6. The summed E-state index contributed by atoms with van der Waals surface area (Å²) in [5.74, 6) is 0.377. The summed E-state index contributed by atoms with van der Waals surface area (Å²) in [6.45, 7) is 0. The molecule has 2 aromatic heterocycles. The number of anilines is 2. The van der Waals surface area contributed by atoms with Gasteiger partial charge < -0.3 is 9.73 Å². The second kappa shape index (κ2) is 8.72. The molecular weight excluding hydrogens is 408 g/mol. The monoisotopic (exact) mass is 422 g/mol. The lowest BCUT2D eigenvalue weighted by Crippen LogP contribution is -2.11. The van der Waals surface area contributed by atoms with E-state index < -0.39 is 0 Å². The quantitative estimate of drug-likeness (QED) is 0.306. The minimum Gasteiger partial charge on any atom is -0.463 e. The van der Waals surface area contributed by atoms with Crippen LogP contribution in [0.3, 0.4) is 0 Å². The van der Waals surface area contributed by atoms with Crippen LogP contribution in [0.2, 0.25) is 5.02 Å². The number of aromatic nitrogens is 1. The van der Waals surface area contributed by atoms with Crippen LogP contribution in [-0.2, 0) is 0 Å². The first-order chi connectivity index (χ1) is 14.2. The van der Waals surface area contributed by atoms with Gasteiger partial charge in [0.2, 0.25) is 5.13 Å². The Kier molecular flexibility index (Phi) is 5.69. The van der Waals surface area contributed by atoms with Crippen LogP contribution in [-0.4, -0.2) is 17.1 Å². The molecule has 1 amide bonds. The number of furan rings is 1. The van der Waals surface area contributed by atoms with Gasteiger partial charge >= 0.3 is 0 Å². The van der Waals surface area contributed by atoms with Crippen LogP contribution < -0.4 is 10.7 Å². The molecular formula is C21H15ClN4O2S. The zero-order valence-electron chi connectivity index (χ0n) is 15.0. The first-order valence-corrected chi connectivity index (χ1v) is 9.84. The lowest BCUT2D eigenvalue weighted by molar-refractivity contribution is 0.102. The molecule has 4 rings (SSSR count). The van der Waals surface area contributed by atoms with Crippen molar-refractivity contribution in [2.45, 2.75) is 0 Å². The van der Waals surface area contributed by atoms with Crippen LogP contribution in [0.1, 0.15) is 16.1 Å². The van der Waals surface area contributed by atoms with Crippen molar-refractivity contribution in [1.29, 1.82) is 0 Å². The number of thiazole rings is 1. The van der Waals surface area contributed by atoms with Crippen molar-refractivity contribution in [3.05, 3.63) is 89.3 Å². The van der Waals surface area contributed by atoms with Gasteiger partial charge in [-0.05, 0) is 36.4 Å². The van der Waals surface area contributed by atoms with E-state index in [0.29, 0.717) is 32.2 Å². The average Bonchev–Trinajstić information content (AvgIpc) is 3.39. The van der Waals surface area contributed by atoms with E-state index >= 15 is 0 Å². The van der Waals surface area contributed by atoms with E-state index in [1.807, 2.05) is 30.3 Å². The van der Waals surface area contributed by atoms with Gasteiger partial charge in [-0.2, -0.15) is 5.10 Å². The molecule has 0 unspecified atom stereocenters. The van der Waals surface area contributed by atoms with E-state index in [0.717, 1.165) is 5.56 Å². The zero-order chi connectivity index (χ0) is 20.1. The second-order valence-electron chi connectivity index (χ2n) is 5.91. The standard InChI is InChI=1S/C21H15ClN4O2S/c22-16-10-8-15(9-11-16)19(27)25-20-18(14-5-2-1-3-6-14)24-21(29-20)26-23-13-17-7-4-12-28-17/h1-13H,(H,24,26)(H,25,27)/b23-13+. The van der Waals surface area contributed by atoms with Gasteiger partial charge in [-0.1, -0.05) is 53.3 Å². The summed E-state index contributed by atoms with van der Waals surface area (Å²) in [6.07, 6.45) is 3.12. The third-order valence-electron chi connectivity index (χ3n) is 3.90. The summed E-state index contributed by atoms with van der Waals surface area (Å²) in [4.78, 5) is 17.2. The van der Waals surface area contributed by atoms with Crippen LogP contribution in [0.25, 0.3) is 11.3 Å². The summed E-state index contributed by atoms with van der Waals surface area (Å²) >= 11 is 7.20. The van der Waals surface area contributed by atoms with Gasteiger partial charge in [0.25, 0.3) is 5.91 Å². The zero-order valence-corrected chi connectivity index (χ0v) is 16.6. The third kappa shape index (κ3) is 4.71. The summed E-state index contributed by atoms with van der Waals surface area (Å²) in [5.41, 5.74) is 4.94. The maximum Gasteiger partial charge on any atom is 0.256 e. The Hall–Kier alpha value is -3.42. The lowest BCUT2D eigenvalue weighted by Gasteiger charge is -2.05. The normalized spacial score (nSPS) is 10.9. The summed E-state index contributed by atoms with van der Waals surface area (Å²) in [5, 5.41) is 8.80.